The van der Waals surface area contributed by atoms with E-state index in [0.29, 0.717) is 27.8 Å². The molecule has 5 aromatic rings. The van der Waals surface area contributed by atoms with Crippen LogP contribution in [0.2, 0.25) is 0 Å². The topological polar surface area (TPSA) is 118 Å². The number of aromatic hydroxyl groups is 4. The van der Waals surface area contributed by atoms with Crippen LogP contribution in [0.4, 0.5) is 0 Å². The van der Waals surface area contributed by atoms with Crippen molar-refractivity contribution in [3.63, 3.8) is 0 Å². The number of benzene rings is 5. The molecule has 0 spiro atoms. The molecular formula is C34H22O6. The van der Waals surface area contributed by atoms with Gasteiger partial charge >= 0.3 is 5.97 Å². The van der Waals surface area contributed by atoms with Crippen LogP contribution in [-0.4, -0.2) is 31.5 Å². The zero-order valence-corrected chi connectivity index (χ0v) is 21.0. The highest BCUT2D eigenvalue weighted by molar-refractivity contribution is 5.97. The van der Waals surface area contributed by atoms with Crippen LogP contribution < -0.4 is 0 Å². The maximum atomic E-state index is 12.6. The third-order valence-electron chi connectivity index (χ3n) is 7.31. The molecule has 0 aliphatic heterocycles. The van der Waals surface area contributed by atoms with Crippen LogP contribution in [-0.2, 0) is 5.41 Å². The van der Waals surface area contributed by atoms with Crippen molar-refractivity contribution in [3.8, 4) is 46.0 Å². The zero-order chi connectivity index (χ0) is 28.0. The van der Waals surface area contributed by atoms with Gasteiger partial charge in [-0.05, 0) is 100 Å². The van der Waals surface area contributed by atoms with Gasteiger partial charge in [0, 0.05) is 11.1 Å². The van der Waals surface area contributed by atoms with Crippen LogP contribution in [0.1, 0.15) is 43.7 Å². The van der Waals surface area contributed by atoms with Crippen LogP contribution in [0.3, 0.4) is 0 Å². The van der Waals surface area contributed by atoms with Crippen LogP contribution >= 0.6 is 0 Å². The smallest absolute Gasteiger partial charge is 0.336 e. The summed E-state index contributed by atoms with van der Waals surface area (Å²) in [5, 5.41) is 50.9. The fraction of sp³-hybridized carbons (Fsp3) is 0.0294. The first-order valence-electron chi connectivity index (χ1n) is 12.4. The van der Waals surface area contributed by atoms with E-state index >= 15 is 0 Å². The molecule has 0 saturated heterocycles. The molecule has 194 valence electrons. The van der Waals surface area contributed by atoms with E-state index in [2.05, 4.69) is 11.8 Å². The molecule has 0 fully saturated rings. The number of rotatable bonds is 3. The number of phenolic OH excluding ortho intramolecular Hbond substituents is 4. The normalized spacial score (nSPS) is 12.6. The average Bonchev–Trinajstić information content (AvgIpc) is 3.23. The second-order valence-corrected chi connectivity index (χ2v) is 9.59. The van der Waals surface area contributed by atoms with Gasteiger partial charge in [-0.1, -0.05) is 48.2 Å². The second-order valence-electron chi connectivity index (χ2n) is 9.59. The van der Waals surface area contributed by atoms with Gasteiger partial charge in [-0.15, -0.1) is 0 Å². The Labute approximate surface area is 229 Å². The van der Waals surface area contributed by atoms with E-state index in [1.54, 1.807) is 84.9 Å². The van der Waals surface area contributed by atoms with Crippen molar-refractivity contribution in [2.75, 3.05) is 0 Å². The number of hydrogen-bond donors (Lipinski definition) is 5. The van der Waals surface area contributed by atoms with Crippen LogP contribution in [0.5, 0.6) is 23.0 Å². The predicted molar refractivity (Wildman–Crippen MR) is 150 cm³/mol. The summed E-state index contributed by atoms with van der Waals surface area (Å²) in [4.78, 5) is 12.6. The van der Waals surface area contributed by atoms with Gasteiger partial charge in [-0.3, -0.25) is 0 Å². The van der Waals surface area contributed by atoms with E-state index < -0.39 is 11.4 Å². The third-order valence-corrected chi connectivity index (χ3v) is 7.31. The van der Waals surface area contributed by atoms with Gasteiger partial charge in [0.05, 0.1) is 11.0 Å². The van der Waals surface area contributed by atoms with Gasteiger partial charge in [0.15, 0.2) is 0 Å². The van der Waals surface area contributed by atoms with Gasteiger partial charge in [0.2, 0.25) is 0 Å². The summed E-state index contributed by atoms with van der Waals surface area (Å²) in [7, 11) is 0. The summed E-state index contributed by atoms with van der Waals surface area (Å²) in [6.07, 6.45) is 0. The number of carbonyl (C=O) groups is 1. The van der Waals surface area contributed by atoms with Crippen molar-refractivity contribution in [3.05, 3.63) is 142 Å². The highest BCUT2D eigenvalue weighted by atomic mass is 16.4. The molecule has 40 heavy (non-hydrogen) atoms. The first kappa shape index (κ1) is 24.7. The molecular weight excluding hydrogens is 504 g/mol. The minimum Gasteiger partial charge on any atom is -0.508 e. The SMILES string of the molecule is O=C(O)c1ccc2c(c1C#Cc1ccc(O)cc1)C(c1ccc(O)cc1)(c1ccc(O)cc1)c1cc(O)ccc1-2. The van der Waals surface area contributed by atoms with Crippen molar-refractivity contribution in [1.29, 1.82) is 0 Å². The summed E-state index contributed by atoms with van der Waals surface area (Å²) >= 11 is 0. The molecule has 0 heterocycles. The van der Waals surface area contributed by atoms with Crippen molar-refractivity contribution >= 4 is 5.97 Å². The predicted octanol–water partition coefficient (Wildman–Crippen LogP) is 5.97. The zero-order valence-electron chi connectivity index (χ0n) is 21.0. The second kappa shape index (κ2) is 9.26. The van der Waals surface area contributed by atoms with Crippen LogP contribution in [0.15, 0.2) is 103 Å². The van der Waals surface area contributed by atoms with Gasteiger partial charge in [0.25, 0.3) is 0 Å². The summed E-state index contributed by atoms with van der Waals surface area (Å²) in [5.41, 5.74) is 3.97. The van der Waals surface area contributed by atoms with Gasteiger partial charge in [0.1, 0.15) is 23.0 Å². The molecule has 0 aromatic heterocycles. The minimum atomic E-state index is -1.16. The number of hydrogen-bond acceptors (Lipinski definition) is 5. The van der Waals surface area contributed by atoms with E-state index in [9.17, 15) is 30.3 Å². The first-order valence-corrected chi connectivity index (χ1v) is 12.4. The highest BCUT2D eigenvalue weighted by Gasteiger charge is 2.48. The molecule has 6 heteroatoms. The summed E-state index contributed by atoms with van der Waals surface area (Å²) in [6.45, 7) is 0. The Morgan fingerprint density at radius 2 is 1.07 bits per heavy atom. The number of carboxylic acid groups (broad SMARTS) is 1. The molecule has 0 radical (unpaired) electrons. The highest BCUT2D eigenvalue weighted by Crippen LogP contribution is 2.58. The molecule has 1 aliphatic carbocycles. The molecule has 0 unspecified atom stereocenters. The lowest BCUT2D eigenvalue weighted by atomic mass is 9.66. The van der Waals surface area contributed by atoms with Crippen molar-refractivity contribution < 1.29 is 30.3 Å². The molecule has 5 aromatic carbocycles. The van der Waals surface area contributed by atoms with Crippen molar-refractivity contribution in [2.45, 2.75) is 5.41 Å². The summed E-state index contributed by atoms with van der Waals surface area (Å²) in [6, 6.07) is 27.9. The fourth-order valence-electron chi connectivity index (χ4n) is 5.61. The van der Waals surface area contributed by atoms with Gasteiger partial charge < -0.3 is 25.5 Å². The number of aromatic carboxylic acids is 1. The Hall–Kier alpha value is -5.67. The number of carboxylic acids is 1. The molecule has 0 amide bonds. The first-order chi connectivity index (χ1) is 19.3. The third kappa shape index (κ3) is 3.80. The van der Waals surface area contributed by atoms with E-state index in [-0.39, 0.29) is 34.1 Å². The lowest BCUT2D eigenvalue weighted by Gasteiger charge is -2.35. The average molecular weight is 527 g/mol. The monoisotopic (exact) mass is 526 g/mol. The molecule has 0 bridgehead atoms. The lowest BCUT2D eigenvalue weighted by Crippen LogP contribution is -2.30. The minimum absolute atomic E-state index is 0.00369. The van der Waals surface area contributed by atoms with Crippen LogP contribution in [0.25, 0.3) is 11.1 Å². The lowest BCUT2D eigenvalue weighted by molar-refractivity contribution is 0.0696. The largest absolute Gasteiger partial charge is 0.508 e. The molecule has 6 rings (SSSR count). The maximum absolute atomic E-state index is 12.6. The molecule has 0 atom stereocenters. The van der Waals surface area contributed by atoms with E-state index in [4.69, 9.17) is 0 Å². The fourth-order valence-corrected chi connectivity index (χ4v) is 5.61. The number of fused-ring (bicyclic) bond motifs is 3. The van der Waals surface area contributed by atoms with E-state index in [1.807, 2.05) is 0 Å². The van der Waals surface area contributed by atoms with Crippen molar-refractivity contribution in [1.82, 2.24) is 0 Å². The van der Waals surface area contributed by atoms with Gasteiger partial charge in [-0.25, -0.2) is 4.79 Å². The van der Waals surface area contributed by atoms with E-state index in [1.165, 1.54) is 18.2 Å². The Kier molecular flexibility index (Phi) is 5.71. The van der Waals surface area contributed by atoms with Crippen LogP contribution in [0, 0.1) is 11.8 Å². The quantitative estimate of drug-likeness (QED) is 0.181. The molecule has 0 saturated carbocycles. The van der Waals surface area contributed by atoms with Gasteiger partial charge in [-0.2, -0.15) is 0 Å². The molecule has 5 N–H and O–H groups in total. The summed E-state index contributed by atoms with van der Waals surface area (Å²) in [5.74, 6) is 5.27. The Balaban J connectivity index is 1.79. The summed E-state index contributed by atoms with van der Waals surface area (Å²) < 4.78 is 0. The maximum Gasteiger partial charge on any atom is 0.336 e. The Morgan fingerprint density at radius 3 is 1.62 bits per heavy atom. The molecule has 1 aliphatic rings. The standard InChI is InChI=1S/C34H22O6/c35-23-8-1-20(2-9-23)3-15-29-30(33(39)40)18-17-28-27-16-14-26(38)19-31(27)34(32(28)29,21-4-10-24(36)11-5-21)22-6-12-25(37)13-7-22/h1-2,4-14,16-19,35-38H,(H,39,40). The van der Waals surface area contributed by atoms with E-state index in [0.717, 1.165) is 11.1 Å². The molecule has 6 nitrogen and oxygen atoms in total. The Bertz CT molecular complexity index is 1800. The number of phenols is 4. The Morgan fingerprint density at radius 1 is 0.575 bits per heavy atom. The van der Waals surface area contributed by atoms with Crippen molar-refractivity contribution in [2.24, 2.45) is 0 Å².